The van der Waals surface area contributed by atoms with Gasteiger partial charge in [0.25, 0.3) is 5.91 Å². The van der Waals surface area contributed by atoms with Gasteiger partial charge in [-0.2, -0.15) is 4.31 Å². The number of amides is 2. The predicted molar refractivity (Wildman–Crippen MR) is 146 cm³/mol. The minimum Gasteiger partial charge on any atom is -0.353 e. The molecular weight excluding hydrogens is 529 g/mol. The van der Waals surface area contributed by atoms with Gasteiger partial charge in [-0.15, -0.1) is 0 Å². The van der Waals surface area contributed by atoms with Crippen LogP contribution in [0.3, 0.4) is 0 Å². The fraction of sp³-hybridized carbons (Fsp3) is 0.346. The Morgan fingerprint density at radius 3 is 2.38 bits per heavy atom. The topological polar surface area (TPSA) is 108 Å². The molecule has 11 heteroatoms. The maximum atomic E-state index is 13.1. The highest BCUT2D eigenvalue weighted by Crippen LogP contribution is 2.38. The van der Waals surface area contributed by atoms with Crippen LogP contribution in [0, 0.1) is 0 Å². The molecule has 3 aromatic rings. The second-order valence-electron chi connectivity index (χ2n) is 9.10. The zero-order valence-corrected chi connectivity index (χ0v) is 22.6. The molecule has 0 spiro atoms. The molecule has 194 valence electrons. The van der Waals surface area contributed by atoms with Crippen LogP contribution in [0.5, 0.6) is 0 Å². The number of thiazole rings is 1. The summed E-state index contributed by atoms with van der Waals surface area (Å²) in [6.07, 6.45) is 4.84. The Morgan fingerprint density at radius 2 is 1.70 bits per heavy atom. The fourth-order valence-corrected chi connectivity index (χ4v) is 7.46. The number of hydrogen-bond donors (Lipinski definition) is 2. The van der Waals surface area contributed by atoms with Gasteiger partial charge in [-0.25, -0.2) is 13.4 Å². The molecule has 0 atom stereocenters. The Balaban J connectivity index is 1.31. The number of thioether (sulfide) groups is 1. The molecule has 1 saturated heterocycles. The van der Waals surface area contributed by atoms with Gasteiger partial charge in [-0.1, -0.05) is 59.9 Å². The van der Waals surface area contributed by atoms with E-state index < -0.39 is 10.0 Å². The van der Waals surface area contributed by atoms with Crippen molar-refractivity contribution in [3.63, 3.8) is 0 Å². The van der Waals surface area contributed by atoms with Gasteiger partial charge in [0, 0.05) is 30.3 Å². The molecule has 2 aromatic carbocycles. The van der Waals surface area contributed by atoms with Crippen LogP contribution in [0.4, 0.5) is 5.00 Å². The third-order valence-electron chi connectivity index (χ3n) is 6.22. The van der Waals surface area contributed by atoms with Gasteiger partial charge in [0.15, 0.2) is 4.34 Å². The van der Waals surface area contributed by atoms with Gasteiger partial charge in [0.2, 0.25) is 15.9 Å². The first-order chi connectivity index (χ1) is 17.9. The molecule has 37 heavy (non-hydrogen) atoms. The van der Waals surface area contributed by atoms with Crippen molar-refractivity contribution in [2.45, 2.75) is 47.4 Å². The van der Waals surface area contributed by atoms with Gasteiger partial charge in [-0.05, 0) is 49.9 Å². The molecule has 2 amide bonds. The average molecular weight is 557 g/mol. The second-order valence-corrected chi connectivity index (χ2v) is 13.3. The van der Waals surface area contributed by atoms with Crippen molar-refractivity contribution in [3.05, 3.63) is 60.2 Å². The quantitative estimate of drug-likeness (QED) is 0.373. The first kappa shape index (κ1) is 25.9. The van der Waals surface area contributed by atoms with E-state index in [0.29, 0.717) is 39.7 Å². The maximum Gasteiger partial charge on any atom is 0.256 e. The second kappa shape index (κ2) is 11.3. The Hall–Kier alpha value is -2.73. The van der Waals surface area contributed by atoms with E-state index in [0.717, 1.165) is 37.7 Å². The minimum atomic E-state index is -3.56. The van der Waals surface area contributed by atoms with Crippen molar-refractivity contribution in [1.29, 1.82) is 0 Å². The molecule has 2 heterocycles. The lowest BCUT2D eigenvalue weighted by molar-refractivity contribution is -0.118. The third kappa shape index (κ3) is 6.40. The number of nitrogens with one attached hydrogen (secondary N) is 2. The molecule has 8 nitrogen and oxygen atoms in total. The standard InChI is InChI=1S/C26H28N4O4S3/c31-22(27-20-11-12-20)17-35-26-28-23(18-7-3-1-4-8-18)25(36-26)29-24(32)19-9-13-21(14-10-19)37(33,34)30-15-5-2-6-16-30/h1,3-4,7-10,13-14,20H,2,5-6,11-12,15-17H2,(H,27,31)(H,29,32). The number of carbonyl (C=O) groups is 2. The summed E-state index contributed by atoms with van der Waals surface area (Å²) in [5.74, 6) is -0.113. The first-order valence-electron chi connectivity index (χ1n) is 12.3. The Morgan fingerprint density at radius 1 is 1.00 bits per heavy atom. The van der Waals surface area contributed by atoms with Crippen LogP contribution in [0.2, 0.25) is 0 Å². The van der Waals surface area contributed by atoms with Crippen LogP contribution in [0.15, 0.2) is 63.8 Å². The summed E-state index contributed by atoms with van der Waals surface area (Å²) in [6.45, 7) is 1.06. The number of benzene rings is 2. The number of carbonyl (C=O) groups excluding carboxylic acids is 2. The van der Waals surface area contributed by atoms with Crippen LogP contribution in [-0.2, 0) is 14.8 Å². The number of nitrogens with zero attached hydrogens (tertiary/aromatic N) is 2. The van der Waals surface area contributed by atoms with Crippen LogP contribution in [0.1, 0.15) is 42.5 Å². The van der Waals surface area contributed by atoms with Crippen molar-refractivity contribution in [1.82, 2.24) is 14.6 Å². The molecule has 1 saturated carbocycles. The molecule has 2 aliphatic rings. The van der Waals surface area contributed by atoms with Crippen LogP contribution in [0.25, 0.3) is 11.3 Å². The normalized spacial score (nSPS) is 16.3. The molecule has 5 rings (SSSR count). The number of piperidine rings is 1. The minimum absolute atomic E-state index is 0.0193. The highest BCUT2D eigenvalue weighted by molar-refractivity contribution is 8.01. The zero-order chi connectivity index (χ0) is 25.8. The fourth-order valence-electron chi connectivity index (χ4n) is 4.07. The van der Waals surface area contributed by atoms with Crippen LogP contribution < -0.4 is 10.6 Å². The Labute approximate surface area is 224 Å². The summed E-state index contributed by atoms with van der Waals surface area (Å²) in [4.78, 5) is 30.1. The van der Waals surface area contributed by atoms with Crippen molar-refractivity contribution >= 4 is 49.9 Å². The average Bonchev–Trinajstić information content (AvgIpc) is 3.65. The lowest BCUT2D eigenvalue weighted by Crippen LogP contribution is -2.35. The number of rotatable bonds is 9. The summed E-state index contributed by atoms with van der Waals surface area (Å²) >= 11 is 2.66. The van der Waals surface area contributed by atoms with E-state index in [2.05, 4.69) is 10.6 Å². The van der Waals surface area contributed by atoms with Gasteiger partial charge in [0.05, 0.1) is 10.6 Å². The molecule has 0 radical (unpaired) electrons. The largest absolute Gasteiger partial charge is 0.353 e. The van der Waals surface area contributed by atoms with Crippen molar-refractivity contribution in [3.8, 4) is 11.3 Å². The van der Waals surface area contributed by atoms with Crippen molar-refractivity contribution in [2.24, 2.45) is 0 Å². The number of anilines is 1. The zero-order valence-electron chi connectivity index (χ0n) is 20.2. The smallest absolute Gasteiger partial charge is 0.256 e. The van der Waals surface area contributed by atoms with Gasteiger partial charge >= 0.3 is 0 Å². The lowest BCUT2D eigenvalue weighted by Gasteiger charge is -2.25. The molecule has 0 unspecified atom stereocenters. The molecular formula is C26H28N4O4S3. The van der Waals surface area contributed by atoms with E-state index in [1.54, 1.807) is 0 Å². The van der Waals surface area contributed by atoms with Gasteiger partial charge < -0.3 is 10.6 Å². The summed E-state index contributed by atoms with van der Waals surface area (Å²) in [5.41, 5.74) is 1.84. The maximum absolute atomic E-state index is 13.1. The van der Waals surface area contributed by atoms with E-state index >= 15 is 0 Å². The molecule has 1 aliphatic heterocycles. The Kier molecular flexibility index (Phi) is 7.94. The van der Waals surface area contributed by atoms with Crippen molar-refractivity contribution in [2.75, 3.05) is 24.2 Å². The summed E-state index contributed by atoms with van der Waals surface area (Å²) in [7, 11) is -3.56. The lowest BCUT2D eigenvalue weighted by atomic mass is 10.1. The number of sulfonamides is 1. The van der Waals surface area contributed by atoms with Crippen LogP contribution >= 0.6 is 23.1 Å². The molecule has 1 aliphatic carbocycles. The summed E-state index contributed by atoms with van der Waals surface area (Å²) in [5, 5.41) is 6.48. The predicted octanol–water partition coefficient (Wildman–Crippen LogP) is 4.61. The first-order valence-corrected chi connectivity index (χ1v) is 15.5. The number of aromatic nitrogens is 1. The monoisotopic (exact) mass is 556 g/mol. The third-order valence-corrected chi connectivity index (χ3v) is 10.2. The Bertz CT molecular complexity index is 1360. The highest BCUT2D eigenvalue weighted by Gasteiger charge is 2.26. The van der Waals surface area contributed by atoms with E-state index in [1.165, 1.54) is 51.7 Å². The van der Waals surface area contributed by atoms with Crippen molar-refractivity contribution < 1.29 is 18.0 Å². The van der Waals surface area contributed by atoms with E-state index in [-0.39, 0.29) is 22.5 Å². The van der Waals surface area contributed by atoms with E-state index in [9.17, 15) is 18.0 Å². The highest BCUT2D eigenvalue weighted by atomic mass is 32.2. The SMILES string of the molecule is O=C(CSc1nc(-c2ccccc2)c(NC(=O)c2ccc(S(=O)(=O)N3CCCCC3)cc2)s1)NC1CC1. The summed E-state index contributed by atoms with van der Waals surface area (Å²) < 4.78 is 28.0. The van der Waals surface area contributed by atoms with Crippen LogP contribution in [-0.4, -0.2) is 54.4 Å². The number of hydrogen-bond acceptors (Lipinski definition) is 7. The molecule has 0 bridgehead atoms. The van der Waals surface area contributed by atoms with E-state index in [1.807, 2.05) is 30.3 Å². The molecule has 1 aromatic heterocycles. The van der Waals surface area contributed by atoms with Gasteiger partial charge in [0.1, 0.15) is 10.7 Å². The molecule has 2 fully saturated rings. The van der Waals surface area contributed by atoms with E-state index in [4.69, 9.17) is 4.98 Å². The summed E-state index contributed by atoms with van der Waals surface area (Å²) in [6, 6.07) is 15.9. The van der Waals surface area contributed by atoms with Gasteiger partial charge in [-0.3, -0.25) is 9.59 Å². The molecule has 2 N–H and O–H groups in total.